The van der Waals surface area contributed by atoms with Crippen molar-refractivity contribution in [1.29, 1.82) is 0 Å². The van der Waals surface area contributed by atoms with Gasteiger partial charge in [-0.3, -0.25) is 9.13 Å². The van der Waals surface area contributed by atoms with Gasteiger partial charge in [-0.05, 0) is 11.1 Å². The quantitative estimate of drug-likeness (QED) is 0.298. The van der Waals surface area contributed by atoms with E-state index in [9.17, 15) is 9.13 Å². The molecule has 0 spiro atoms. The Bertz CT molecular complexity index is 761. The Balaban J connectivity index is 0.000000251. The summed E-state index contributed by atoms with van der Waals surface area (Å²) in [5.41, 5.74) is 1.08. The van der Waals surface area contributed by atoms with Crippen LogP contribution in [0.5, 0.6) is 0 Å². The maximum absolute atomic E-state index is 11.1. The molecule has 0 heterocycles. The highest BCUT2D eigenvalue weighted by Crippen LogP contribution is 2.65. The second-order valence-corrected chi connectivity index (χ2v) is 14.5. The molecular weight excluding hydrogens is 566 g/mol. The van der Waals surface area contributed by atoms with Crippen LogP contribution in [0.3, 0.4) is 0 Å². The first-order chi connectivity index (χ1) is 11.4. The van der Waals surface area contributed by atoms with E-state index in [1.807, 2.05) is 0 Å². The van der Waals surface area contributed by atoms with Crippen molar-refractivity contribution in [3.63, 3.8) is 0 Å². The summed E-state index contributed by atoms with van der Waals surface area (Å²) in [7, 11) is -8.32. The molecule has 0 aliphatic rings. The lowest BCUT2D eigenvalue weighted by molar-refractivity contribution is 0.367. The highest BCUT2D eigenvalue weighted by Gasteiger charge is 2.43. The van der Waals surface area contributed by atoms with Crippen LogP contribution < -0.4 is 0 Å². The molecule has 4 N–H and O–H groups in total. The van der Waals surface area contributed by atoms with Crippen LogP contribution in [0.4, 0.5) is 0 Å². The van der Waals surface area contributed by atoms with Crippen LogP contribution in [-0.2, 0) is 12.1 Å². The normalized spacial score (nSPS) is 13.6. The molecule has 11 heteroatoms. The summed E-state index contributed by atoms with van der Waals surface area (Å²) in [6, 6.07) is 17.0. The fourth-order valence-electron chi connectivity index (χ4n) is 1.61. The Morgan fingerprint density at radius 1 is 0.800 bits per heavy atom. The molecular formula is C14H15Br3O6P2. The van der Waals surface area contributed by atoms with Crippen molar-refractivity contribution in [3.05, 3.63) is 71.8 Å². The lowest BCUT2D eigenvalue weighted by Gasteiger charge is -2.21. The summed E-state index contributed by atoms with van der Waals surface area (Å²) in [6.45, 7) is 0. The van der Waals surface area contributed by atoms with Gasteiger partial charge < -0.3 is 19.6 Å². The van der Waals surface area contributed by atoms with E-state index in [1.165, 1.54) is 0 Å². The van der Waals surface area contributed by atoms with E-state index in [0.717, 1.165) is 0 Å². The molecule has 1 atom stereocenters. The van der Waals surface area contributed by atoms with Crippen molar-refractivity contribution in [2.75, 3.05) is 0 Å². The van der Waals surface area contributed by atoms with Gasteiger partial charge in [0.25, 0.3) is 0 Å². The molecule has 138 valence electrons. The zero-order valence-electron chi connectivity index (χ0n) is 12.5. The van der Waals surface area contributed by atoms with Gasteiger partial charge in [0, 0.05) is 0 Å². The lowest BCUT2D eigenvalue weighted by atomic mass is 10.2. The monoisotopic (exact) mass is 578 g/mol. The molecule has 0 saturated heterocycles. The Labute approximate surface area is 170 Å². The van der Waals surface area contributed by atoms with Crippen molar-refractivity contribution >= 4 is 63.0 Å². The summed E-state index contributed by atoms with van der Waals surface area (Å²) in [5, 5.41) is 0. The number of hydrogen-bond donors (Lipinski definition) is 4. The molecule has 0 bridgehead atoms. The SMILES string of the molecule is O=P(O)(O)C(Br)(Br)c1ccccc1.O=P(O)(O)C(Br)c1ccccc1. The Morgan fingerprint density at radius 2 is 1.20 bits per heavy atom. The molecule has 0 aromatic heterocycles. The highest BCUT2D eigenvalue weighted by atomic mass is 79.9. The van der Waals surface area contributed by atoms with Crippen LogP contribution in [0.15, 0.2) is 60.7 Å². The van der Waals surface area contributed by atoms with Gasteiger partial charge in [0.1, 0.15) is 4.57 Å². The van der Waals surface area contributed by atoms with E-state index in [0.29, 0.717) is 11.1 Å². The second kappa shape index (κ2) is 9.40. The van der Waals surface area contributed by atoms with E-state index in [4.69, 9.17) is 19.6 Å². The number of halogens is 3. The molecule has 2 aromatic carbocycles. The predicted molar refractivity (Wildman–Crippen MR) is 108 cm³/mol. The molecule has 0 amide bonds. The molecule has 0 fully saturated rings. The molecule has 1 unspecified atom stereocenters. The third kappa shape index (κ3) is 7.01. The van der Waals surface area contributed by atoms with Crippen LogP contribution in [0.1, 0.15) is 15.7 Å². The van der Waals surface area contributed by atoms with E-state index >= 15 is 0 Å². The molecule has 2 aromatic rings. The zero-order valence-corrected chi connectivity index (χ0v) is 19.0. The average molecular weight is 581 g/mol. The molecule has 0 saturated carbocycles. The first-order valence-corrected chi connectivity index (χ1v) is 12.4. The van der Waals surface area contributed by atoms with Gasteiger partial charge >= 0.3 is 15.2 Å². The first-order valence-electron chi connectivity index (χ1n) is 6.60. The summed E-state index contributed by atoms with van der Waals surface area (Å²) < 4.78 is 19.5. The Hall–Kier alpha value is 0.180. The van der Waals surface area contributed by atoms with Gasteiger partial charge in [-0.1, -0.05) is 108 Å². The zero-order chi connectivity index (χ0) is 19.3. The maximum atomic E-state index is 11.1. The van der Waals surface area contributed by atoms with Gasteiger partial charge in [-0.2, -0.15) is 0 Å². The van der Waals surface area contributed by atoms with E-state index in [1.54, 1.807) is 60.7 Å². The van der Waals surface area contributed by atoms with E-state index in [2.05, 4.69) is 47.8 Å². The van der Waals surface area contributed by atoms with Gasteiger partial charge in [-0.25, -0.2) is 0 Å². The van der Waals surface area contributed by atoms with Gasteiger partial charge in [0.05, 0.1) is 0 Å². The molecule has 0 aliphatic heterocycles. The Morgan fingerprint density at radius 3 is 1.56 bits per heavy atom. The van der Waals surface area contributed by atoms with Gasteiger partial charge in [-0.15, -0.1) is 0 Å². The summed E-state index contributed by atoms with van der Waals surface area (Å²) in [6.07, 6.45) is 0. The number of rotatable bonds is 4. The van der Waals surface area contributed by atoms with E-state index in [-0.39, 0.29) is 0 Å². The minimum Gasteiger partial charge on any atom is -0.323 e. The largest absolute Gasteiger partial charge is 0.357 e. The average Bonchev–Trinajstić information content (AvgIpc) is 2.54. The minimum atomic E-state index is -4.26. The van der Waals surface area contributed by atoms with Gasteiger partial charge in [0.15, 0.2) is 0 Å². The van der Waals surface area contributed by atoms with Crippen LogP contribution in [0, 0.1) is 0 Å². The molecule has 0 radical (unpaired) electrons. The standard InChI is InChI=1S/C7H7Br2O3P.C7H8BrO3P/c8-7(9,13(10,11)12)6-4-2-1-3-5-6;8-7(12(9,10)11)6-4-2-1-3-5-6/h1-5H,(H2,10,11,12);1-5,7H,(H2,9,10,11). The van der Waals surface area contributed by atoms with Gasteiger partial charge in [0.2, 0.25) is 2.97 Å². The van der Waals surface area contributed by atoms with Crippen molar-refractivity contribution in [2.45, 2.75) is 7.54 Å². The molecule has 25 heavy (non-hydrogen) atoms. The summed E-state index contributed by atoms with van der Waals surface area (Å²) in [4.78, 5) is 35.6. The van der Waals surface area contributed by atoms with Crippen LogP contribution >= 0.6 is 63.0 Å². The third-order valence-corrected chi connectivity index (χ3v) is 10.6. The fourth-order valence-corrected chi connectivity index (χ4v) is 3.49. The fraction of sp³-hybridized carbons (Fsp3) is 0.143. The molecule has 6 nitrogen and oxygen atoms in total. The highest BCUT2D eigenvalue weighted by molar-refractivity contribution is 9.26. The van der Waals surface area contributed by atoms with Crippen molar-refractivity contribution in [1.82, 2.24) is 0 Å². The van der Waals surface area contributed by atoms with Crippen molar-refractivity contribution in [3.8, 4) is 0 Å². The molecule has 0 aliphatic carbocycles. The molecule has 2 rings (SSSR count). The summed E-state index contributed by atoms with van der Waals surface area (Å²) >= 11 is 8.87. The van der Waals surface area contributed by atoms with Crippen LogP contribution in [-0.4, -0.2) is 19.6 Å². The second-order valence-electron chi connectivity index (χ2n) is 4.79. The minimum absolute atomic E-state index is 0.489. The maximum Gasteiger partial charge on any atom is 0.357 e. The van der Waals surface area contributed by atoms with E-state index < -0.39 is 22.7 Å². The topological polar surface area (TPSA) is 115 Å². The van der Waals surface area contributed by atoms with Crippen LogP contribution in [0.2, 0.25) is 0 Å². The Kier molecular flexibility index (Phi) is 8.73. The smallest absolute Gasteiger partial charge is 0.323 e. The number of alkyl halides is 3. The first kappa shape index (κ1) is 23.2. The predicted octanol–water partition coefficient (Wildman–Crippen LogP) is 5.02. The van der Waals surface area contributed by atoms with Crippen molar-refractivity contribution in [2.24, 2.45) is 0 Å². The lowest BCUT2D eigenvalue weighted by Crippen LogP contribution is -2.08. The van der Waals surface area contributed by atoms with Crippen molar-refractivity contribution < 1.29 is 28.7 Å². The third-order valence-electron chi connectivity index (χ3n) is 2.86. The number of hydrogen-bond acceptors (Lipinski definition) is 2. The summed E-state index contributed by atoms with van der Waals surface area (Å²) in [5.74, 6) is 0. The number of benzene rings is 2. The van der Waals surface area contributed by atoms with Crippen LogP contribution in [0.25, 0.3) is 0 Å².